The second kappa shape index (κ2) is 6.68. The van der Waals surface area contributed by atoms with Crippen LogP contribution in [0, 0.1) is 0 Å². The lowest BCUT2D eigenvalue weighted by Crippen LogP contribution is -2.47. The van der Waals surface area contributed by atoms with E-state index in [1.165, 1.54) is 6.07 Å². The highest BCUT2D eigenvalue weighted by molar-refractivity contribution is 7.89. The van der Waals surface area contributed by atoms with Crippen LogP contribution in [0.15, 0.2) is 37.3 Å². The van der Waals surface area contributed by atoms with Crippen molar-refractivity contribution >= 4 is 44.7 Å². The quantitative estimate of drug-likeness (QED) is 0.582. The van der Waals surface area contributed by atoms with E-state index in [0.717, 1.165) is 34.3 Å². The zero-order valence-electron chi connectivity index (χ0n) is 15.6. The Morgan fingerprint density at radius 2 is 2.10 bits per heavy atom. The number of carbonyl (C=O) groups excluding carboxylic acids is 1. The molecule has 0 aliphatic carbocycles. The fourth-order valence-corrected chi connectivity index (χ4v) is 4.04. The van der Waals surface area contributed by atoms with Crippen LogP contribution in [-0.2, 0) is 15.4 Å². The predicted molar refractivity (Wildman–Crippen MR) is 105 cm³/mol. The van der Waals surface area contributed by atoms with Gasteiger partial charge in [0.25, 0.3) is 10.0 Å². The molecule has 1 aliphatic rings. The van der Waals surface area contributed by atoms with Crippen LogP contribution in [0.3, 0.4) is 0 Å². The molecule has 0 unspecified atom stereocenters. The molecule has 1 aliphatic heterocycles. The van der Waals surface area contributed by atoms with Gasteiger partial charge in [0, 0.05) is 6.07 Å². The van der Waals surface area contributed by atoms with Gasteiger partial charge < -0.3 is 5.32 Å². The van der Waals surface area contributed by atoms with Crippen LogP contribution in [-0.4, -0.2) is 57.2 Å². The minimum atomic E-state index is -4.83. The predicted octanol–water partition coefficient (Wildman–Crippen LogP) is 2.43. The number of rotatable bonds is 3. The first-order valence-corrected chi connectivity index (χ1v) is 10.7. The molecule has 1 N–H and O–H groups in total. The number of hydrogen-bond donors (Lipinski definition) is 1. The minimum Gasteiger partial charge on any atom is -0.305 e. The summed E-state index contributed by atoms with van der Waals surface area (Å²) in [6.07, 6.45) is -0.0454. The molecule has 1 atom stereocenters. The highest BCUT2D eigenvalue weighted by atomic mass is 35.5. The highest BCUT2D eigenvalue weighted by Crippen LogP contribution is 2.51. The summed E-state index contributed by atoms with van der Waals surface area (Å²) in [5.41, 5.74) is -3.13. The van der Waals surface area contributed by atoms with Crippen LogP contribution in [0.5, 0.6) is 0 Å². The van der Waals surface area contributed by atoms with Crippen molar-refractivity contribution in [3.05, 3.63) is 48.2 Å². The van der Waals surface area contributed by atoms with Crippen molar-refractivity contribution in [2.75, 3.05) is 23.0 Å². The summed E-state index contributed by atoms with van der Waals surface area (Å²) in [5.74, 6) is 0. The zero-order valence-corrected chi connectivity index (χ0v) is 17.2. The van der Waals surface area contributed by atoms with Gasteiger partial charge in [-0.2, -0.15) is 27.5 Å². The van der Waals surface area contributed by atoms with E-state index in [9.17, 15) is 26.4 Å². The Balaban J connectivity index is 1.81. The van der Waals surface area contributed by atoms with Crippen molar-refractivity contribution in [2.24, 2.45) is 0 Å². The Kier molecular flexibility index (Phi) is 4.55. The first-order valence-electron chi connectivity index (χ1n) is 8.46. The van der Waals surface area contributed by atoms with Gasteiger partial charge in [-0.15, -0.1) is 6.58 Å². The average molecular weight is 476 g/mol. The summed E-state index contributed by atoms with van der Waals surface area (Å²) >= 11 is 5.85. The summed E-state index contributed by atoms with van der Waals surface area (Å²) in [5, 5.41) is 9.75. The molecule has 15 heteroatoms. The van der Waals surface area contributed by atoms with E-state index in [0.29, 0.717) is 10.2 Å². The Hall–Kier alpha value is -3.13. The Morgan fingerprint density at radius 1 is 1.39 bits per heavy atom. The number of alkyl halides is 3. The lowest BCUT2D eigenvalue weighted by Gasteiger charge is -2.29. The van der Waals surface area contributed by atoms with E-state index in [-0.39, 0.29) is 27.9 Å². The molecule has 0 aromatic carbocycles. The van der Waals surface area contributed by atoms with Gasteiger partial charge in [0.1, 0.15) is 5.41 Å². The third-order valence-corrected chi connectivity index (χ3v) is 5.87. The lowest BCUT2D eigenvalue weighted by molar-refractivity contribution is -0.172. The number of aromatic nitrogens is 5. The van der Waals surface area contributed by atoms with Crippen molar-refractivity contribution in [2.45, 2.75) is 11.6 Å². The Labute approximate surface area is 178 Å². The highest BCUT2D eigenvalue weighted by Gasteiger charge is 2.62. The third-order valence-electron chi connectivity index (χ3n) is 4.81. The van der Waals surface area contributed by atoms with Crippen LogP contribution in [0.2, 0.25) is 5.15 Å². The van der Waals surface area contributed by atoms with Crippen LogP contribution >= 0.6 is 11.6 Å². The second-order valence-electron chi connectivity index (χ2n) is 6.78. The third kappa shape index (κ3) is 3.22. The molecule has 0 saturated carbocycles. The van der Waals surface area contributed by atoms with Gasteiger partial charge in [-0.1, -0.05) is 17.7 Å². The number of halogens is 4. The summed E-state index contributed by atoms with van der Waals surface area (Å²) in [6.45, 7) is 2.52. The number of amides is 2. The molecule has 0 fully saturated rings. The molecule has 0 radical (unpaired) electrons. The number of urea groups is 1. The van der Waals surface area contributed by atoms with Gasteiger partial charge in [0.15, 0.2) is 10.8 Å². The maximum atomic E-state index is 14.2. The molecule has 3 aromatic heterocycles. The molecule has 164 valence electrons. The smallest absolute Gasteiger partial charge is 0.305 e. The van der Waals surface area contributed by atoms with Crippen molar-refractivity contribution in [1.82, 2.24) is 23.8 Å². The van der Waals surface area contributed by atoms with Gasteiger partial charge in [0.2, 0.25) is 0 Å². The number of fused-ring (bicyclic) bond motifs is 3. The van der Waals surface area contributed by atoms with E-state index < -0.39 is 34.2 Å². The lowest BCUT2D eigenvalue weighted by atomic mass is 9.85. The van der Waals surface area contributed by atoms with E-state index in [1.807, 2.05) is 0 Å². The number of anilines is 2. The second-order valence-corrected chi connectivity index (χ2v) is 9.01. The zero-order chi connectivity index (χ0) is 22.8. The van der Waals surface area contributed by atoms with Crippen LogP contribution < -0.4 is 10.2 Å². The fraction of sp³-hybridized carbons (Fsp3) is 0.250. The standard InChI is InChI=1S/C16H13ClF3N7O3S/c1-3-15(16(18,19)20)8-25(10-6-21-12-4-11(17)24-27(12)13(10)15)14(28)23-9-5-22-26(7-9)31(2,29)30/h3-7H,1,8H2,2H3,(H,23,28)/t15-/m1/s1. The van der Waals surface area contributed by atoms with Crippen molar-refractivity contribution in [3.8, 4) is 0 Å². The molecule has 0 saturated heterocycles. The minimum absolute atomic E-state index is 0.0312. The molecule has 10 nitrogen and oxygen atoms in total. The van der Waals surface area contributed by atoms with E-state index >= 15 is 0 Å². The van der Waals surface area contributed by atoms with Crippen molar-refractivity contribution < 1.29 is 26.4 Å². The molecule has 4 rings (SSSR count). The summed E-state index contributed by atoms with van der Waals surface area (Å²) in [6, 6.07) is 0.329. The largest absolute Gasteiger partial charge is 0.405 e. The van der Waals surface area contributed by atoms with Crippen LogP contribution in [0.1, 0.15) is 5.69 Å². The molecule has 3 aromatic rings. The summed E-state index contributed by atoms with van der Waals surface area (Å²) in [4.78, 5) is 17.7. The van der Waals surface area contributed by atoms with Gasteiger partial charge in [-0.05, 0) is 0 Å². The first-order chi connectivity index (χ1) is 14.4. The maximum Gasteiger partial charge on any atom is 0.405 e. The number of nitrogens with one attached hydrogen (secondary N) is 1. The monoisotopic (exact) mass is 475 g/mol. The summed E-state index contributed by atoms with van der Waals surface area (Å²) in [7, 11) is -3.70. The number of nitrogens with zero attached hydrogens (tertiary/aromatic N) is 6. The average Bonchev–Trinajstić information content (AvgIpc) is 3.34. The Morgan fingerprint density at radius 3 is 2.68 bits per heavy atom. The summed E-state index contributed by atoms with van der Waals surface area (Å²) < 4.78 is 67.3. The number of carbonyl (C=O) groups is 1. The van der Waals surface area contributed by atoms with E-state index in [1.54, 1.807) is 0 Å². The maximum absolute atomic E-state index is 14.2. The SMILES string of the molecule is C=C[C@@]1(C(F)(F)F)CN(C(=O)Nc2cnn(S(C)(=O)=O)c2)c2cnc3cc(Cl)nn3c21. The first kappa shape index (κ1) is 21.1. The van der Waals surface area contributed by atoms with Crippen LogP contribution in [0.25, 0.3) is 5.65 Å². The topological polar surface area (TPSA) is 114 Å². The molecule has 0 bridgehead atoms. The van der Waals surface area contributed by atoms with Gasteiger partial charge in [0.05, 0.1) is 48.5 Å². The molecule has 4 heterocycles. The molecule has 0 spiro atoms. The fourth-order valence-electron chi connectivity index (χ4n) is 3.34. The number of hydrogen-bond acceptors (Lipinski definition) is 6. The van der Waals surface area contributed by atoms with Crippen molar-refractivity contribution in [1.29, 1.82) is 0 Å². The molecule has 31 heavy (non-hydrogen) atoms. The Bertz CT molecular complexity index is 1330. The normalized spacial score (nSPS) is 18.9. The molecule has 2 amide bonds. The van der Waals surface area contributed by atoms with E-state index in [4.69, 9.17) is 11.6 Å². The van der Waals surface area contributed by atoms with Crippen LogP contribution in [0.4, 0.5) is 29.3 Å². The van der Waals surface area contributed by atoms with Gasteiger partial charge in [-0.3, -0.25) is 4.90 Å². The van der Waals surface area contributed by atoms with E-state index in [2.05, 4.69) is 27.1 Å². The van der Waals surface area contributed by atoms with Crippen molar-refractivity contribution in [3.63, 3.8) is 0 Å². The van der Waals surface area contributed by atoms with Gasteiger partial charge in [-0.25, -0.2) is 22.7 Å². The molecular weight excluding hydrogens is 463 g/mol. The molecular formula is C16H13ClF3N7O3S. The van der Waals surface area contributed by atoms with Gasteiger partial charge >= 0.3 is 12.2 Å².